The number of hydrogen-bond acceptors (Lipinski definition) is 4. The lowest BCUT2D eigenvalue weighted by molar-refractivity contribution is -0.137. The summed E-state index contributed by atoms with van der Waals surface area (Å²) < 4.78 is 39.8. The van der Waals surface area contributed by atoms with Gasteiger partial charge in [-0.3, -0.25) is 4.79 Å². The molecular formula is C17H13F3N2OS2. The van der Waals surface area contributed by atoms with Crippen molar-refractivity contribution in [2.24, 2.45) is 0 Å². The molecule has 0 saturated carbocycles. The molecule has 3 rings (SSSR count). The number of para-hydroxylation sites is 2. The summed E-state index contributed by atoms with van der Waals surface area (Å²) in [6.07, 6.45) is -4.50. The zero-order valence-electron chi connectivity index (χ0n) is 12.8. The monoisotopic (exact) mass is 382 g/mol. The Kier molecular flexibility index (Phi) is 5.29. The molecule has 0 atom stereocenters. The number of fused-ring (bicyclic) bond motifs is 1. The van der Waals surface area contributed by atoms with Crippen molar-refractivity contribution in [1.29, 1.82) is 0 Å². The van der Waals surface area contributed by atoms with Gasteiger partial charge in [-0.05, 0) is 24.3 Å². The minimum absolute atomic E-state index is 0.0577. The molecule has 0 aliphatic heterocycles. The SMILES string of the molecule is O=C(CSCc1nc2ccccc2s1)Nc1ccccc1C(F)(F)F. The summed E-state index contributed by atoms with van der Waals surface area (Å²) >= 11 is 2.86. The van der Waals surface area contributed by atoms with Crippen molar-refractivity contribution in [1.82, 2.24) is 4.98 Å². The summed E-state index contributed by atoms with van der Waals surface area (Å²) in [6, 6.07) is 12.7. The topological polar surface area (TPSA) is 42.0 Å². The Morgan fingerprint density at radius 2 is 1.84 bits per heavy atom. The van der Waals surface area contributed by atoms with Gasteiger partial charge in [-0.1, -0.05) is 24.3 Å². The van der Waals surface area contributed by atoms with Crippen LogP contribution in [0, 0.1) is 0 Å². The maximum absolute atomic E-state index is 12.9. The van der Waals surface area contributed by atoms with Crippen molar-refractivity contribution in [2.45, 2.75) is 11.9 Å². The van der Waals surface area contributed by atoms with Crippen LogP contribution in [-0.2, 0) is 16.7 Å². The number of nitrogens with zero attached hydrogens (tertiary/aromatic N) is 1. The van der Waals surface area contributed by atoms with Crippen LogP contribution >= 0.6 is 23.1 Å². The normalized spacial score (nSPS) is 11.6. The number of hydrogen-bond donors (Lipinski definition) is 1. The van der Waals surface area contributed by atoms with E-state index in [0.29, 0.717) is 5.75 Å². The van der Waals surface area contributed by atoms with E-state index < -0.39 is 17.6 Å². The second-order valence-corrected chi connectivity index (χ2v) is 7.26. The van der Waals surface area contributed by atoms with E-state index >= 15 is 0 Å². The number of carbonyl (C=O) groups excluding carboxylic acids is 1. The highest BCUT2D eigenvalue weighted by atomic mass is 32.2. The Balaban J connectivity index is 1.57. The number of carbonyl (C=O) groups is 1. The number of amides is 1. The van der Waals surface area contributed by atoms with Gasteiger partial charge in [-0.25, -0.2) is 4.98 Å². The van der Waals surface area contributed by atoms with Crippen molar-refractivity contribution in [3.05, 3.63) is 59.1 Å². The van der Waals surface area contributed by atoms with Crippen LogP contribution in [0.1, 0.15) is 10.6 Å². The number of thioether (sulfide) groups is 1. The highest BCUT2D eigenvalue weighted by Gasteiger charge is 2.33. The van der Waals surface area contributed by atoms with Crippen LogP contribution in [-0.4, -0.2) is 16.6 Å². The lowest BCUT2D eigenvalue weighted by Crippen LogP contribution is -2.18. The molecule has 3 aromatic rings. The van der Waals surface area contributed by atoms with Crippen molar-refractivity contribution in [3.8, 4) is 0 Å². The molecule has 3 nitrogen and oxygen atoms in total. The van der Waals surface area contributed by atoms with Crippen molar-refractivity contribution < 1.29 is 18.0 Å². The predicted octanol–water partition coefficient (Wildman–Crippen LogP) is 5.19. The van der Waals surface area contributed by atoms with Crippen LogP contribution in [0.15, 0.2) is 48.5 Å². The average Bonchev–Trinajstić information content (AvgIpc) is 2.97. The fourth-order valence-corrected chi connectivity index (χ4v) is 4.09. The van der Waals surface area contributed by atoms with Gasteiger partial charge in [0.05, 0.1) is 27.2 Å². The van der Waals surface area contributed by atoms with Crippen LogP contribution in [0.25, 0.3) is 10.2 Å². The molecule has 0 saturated heterocycles. The number of anilines is 1. The van der Waals surface area contributed by atoms with Gasteiger partial charge < -0.3 is 5.32 Å². The molecule has 0 aliphatic rings. The molecule has 1 amide bonds. The molecule has 0 bridgehead atoms. The first-order valence-corrected chi connectivity index (χ1v) is 9.29. The average molecular weight is 382 g/mol. The molecule has 1 aromatic heterocycles. The van der Waals surface area contributed by atoms with Crippen LogP contribution in [0.2, 0.25) is 0 Å². The summed E-state index contributed by atoms with van der Waals surface area (Å²) in [4.78, 5) is 16.4. The zero-order chi connectivity index (χ0) is 17.9. The fraction of sp³-hybridized carbons (Fsp3) is 0.176. The van der Waals surface area contributed by atoms with Gasteiger partial charge in [0, 0.05) is 5.75 Å². The third kappa shape index (κ3) is 4.52. The van der Waals surface area contributed by atoms with Gasteiger partial charge in [-0.2, -0.15) is 13.2 Å². The minimum atomic E-state index is -4.50. The van der Waals surface area contributed by atoms with E-state index in [2.05, 4.69) is 10.3 Å². The molecule has 2 aromatic carbocycles. The first kappa shape index (κ1) is 17.8. The molecule has 0 radical (unpaired) electrons. The molecule has 1 heterocycles. The number of halogens is 3. The van der Waals surface area contributed by atoms with E-state index in [1.165, 1.54) is 30.0 Å². The summed E-state index contributed by atoms with van der Waals surface area (Å²) in [6.45, 7) is 0. The Morgan fingerprint density at radius 1 is 1.12 bits per heavy atom. The minimum Gasteiger partial charge on any atom is -0.325 e. The van der Waals surface area contributed by atoms with E-state index in [9.17, 15) is 18.0 Å². The van der Waals surface area contributed by atoms with Crippen molar-refractivity contribution in [2.75, 3.05) is 11.1 Å². The summed E-state index contributed by atoms with van der Waals surface area (Å²) in [7, 11) is 0. The predicted molar refractivity (Wildman–Crippen MR) is 95.9 cm³/mol. The highest BCUT2D eigenvalue weighted by Crippen LogP contribution is 2.34. The zero-order valence-corrected chi connectivity index (χ0v) is 14.5. The van der Waals surface area contributed by atoms with Gasteiger partial charge in [-0.15, -0.1) is 23.1 Å². The molecule has 8 heteroatoms. The number of benzene rings is 2. The maximum atomic E-state index is 12.9. The number of thiazole rings is 1. The summed E-state index contributed by atoms with van der Waals surface area (Å²) in [5.74, 6) is 0.123. The van der Waals surface area contributed by atoms with Gasteiger partial charge in [0.15, 0.2) is 0 Å². The third-order valence-electron chi connectivity index (χ3n) is 3.30. The number of alkyl halides is 3. The fourth-order valence-electron chi connectivity index (χ4n) is 2.24. The lowest BCUT2D eigenvalue weighted by Gasteiger charge is -2.13. The Morgan fingerprint density at radius 3 is 2.60 bits per heavy atom. The van der Waals surface area contributed by atoms with Crippen molar-refractivity contribution >= 4 is 44.9 Å². The number of aromatic nitrogens is 1. The van der Waals surface area contributed by atoms with E-state index in [1.807, 2.05) is 24.3 Å². The van der Waals surface area contributed by atoms with E-state index in [0.717, 1.165) is 21.3 Å². The largest absolute Gasteiger partial charge is 0.418 e. The molecule has 0 spiro atoms. The van der Waals surface area contributed by atoms with Gasteiger partial charge in [0.1, 0.15) is 5.01 Å². The quantitative estimate of drug-likeness (QED) is 0.661. The number of nitrogens with one attached hydrogen (secondary N) is 1. The first-order chi connectivity index (χ1) is 11.9. The number of rotatable bonds is 5. The van der Waals surface area contributed by atoms with E-state index in [-0.39, 0.29) is 11.4 Å². The molecule has 1 N–H and O–H groups in total. The van der Waals surface area contributed by atoms with Gasteiger partial charge in [0.25, 0.3) is 0 Å². The first-order valence-electron chi connectivity index (χ1n) is 7.32. The third-order valence-corrected chi connectivity index (χ3v) is 5.47. The molecule has 130 valence electrons. The van der Waals surface area contributed by atoms with E-state index in [4.69, 9.17) is 0 Å². The molecule has 25 heavy (non-hydrogen) atoms. The summed E-state index contributed by atoms with van der Waals surface area (Å²) in [5, 5.41) is 3.22. The van der Waals surface area contributed by atoms with Crippen molar-refractivity contribution in [3.63, 3.8) is 0 Å². The molecule has 0 unspecified atom stereocenters. The molecule has 0 aliphatic carbocycles. The second-order valence-electron chi connectivity index (χ2n) is 5.16. The standard InChI is InChI=1S/C17H13F3N2OS2/c18-17(19,20)11-5-1-2-6-12(11)21-15(23)9-24-10-16-22-13-7-3-4-8-14(13)25-16/h1-8H,9-10H2,(H,21,23). The Bertz CT molecular complexity index is 860. The van der Waals surface area contributed by atoms with Crippen LogP contribution in [0.3, 0.4) is 0 Å². The maximum Gasteiger partial charge on any atom is 0.418 e. The molecular weight excluding hydrogens is 369 g/mol. The van der Waals surface area contributed by atoms with Crippen LogP contribution < -0.4 is 5.32 Å². The van der Waals surface area contributed by atoms with Gasteiger partial charge >= 0.3 is 6.18 Å². The highest BCUT2D eigenvalue weighted by molar-refractivity contribution is 7.99. The molecule has 0 fully saturated rings. The van der Waals surface area contributed by atoms with Gasteiger partial charge in [0.2, 0.25) is 5.91 Å². The lowest BCUT2D eigenvalue weighted by atomic mass is 10.1. The van der Waals surface area contributed by atoms with Crippen LogP contribution in [0.5, 0.6) is 0 Å². The smallest absolute Gasteiger partial charge is 0.325 e. The van der Waals surface area contributed by atoms with E-state index in [1.54, 1.807) is 11.3 Å². The Labute approximate surface area is 150 Å². The Hall–Kier alpha value is -2.06. The van der Waals surface area contributed by atoms with Crippen LogP contribution in [0.4, 0.5) is 18.9 Å². The summed E-state index contributed by atoms with van der Waals surface area (Å²) in [5.41, 5.74) is -0.160. The second kappa shape index (κ2) is 7.45.